The van der Waals surface area contributed by atoms with Crippen molar-refractivity contribution >= 4 is 56.0 Å². The van der Waals surface area contributed by atoms with Crippen molar-refractivity contribution in [3.8, 4) is 5.75 Å². The van der Waals surface area contributed by atoms with Gasteiger partial charge in [0.1, 0.15) is 11.3 Å². The zero-order chi connectivity index (χ0) is 22.3. The van der Waals surface area contributed by atoms with Gasteiger partial charge >= 0.3 is 0 Å². The third kappa shape index (κ3) is 5.59. The number of methoxy groups -OCH3 is 1. The molecule has 0 aliphatic heterocycles. The molecular weight excluding hydrogens is 462 g/mol. The van der Waals surface area contributed by atoms with E-state index >= 15 is 0 Å². The van der Waals surface area contributed by atoms with E-state index in [4.69, 9.17) is 21.3 Å². The van der Waals surface area contributed by atoms with Crippen molar-refractivity contribution in [3.05, 3.63) is 77.6 Å². The number of thiazole rings is 1. The highest BCUT2D eigenvalue weighted by molar-refractivity contribution is 7.99. The fraction of sp³-hybridized carbons (Fsp3) is 0.208. The SMILES string of the molecule is COc1cccc2sc(N(Cc3ccccn3)C(=O)CCCSc3ccc(Cl)cc3)nc12. The van der Waals surface area contributed by atoms with Crippen LogP contribution in [0.15, 0.2) is 71.8 Å². The highest BCUT2D eigenvalue weighted by Gasteiger charge is 2.21. The van der Waals surface area contributed by atoms with E-state index in [-0.39, 0.29) is 5.91 Å². The number of pyridine rings is 1. The average Bonchev–Trinajstić information content (AvgIpc) is 3.26. The summed E-state index contributed by atoms with van der Waals surface area (Å²) >= 11 is 9.15. The Kier molecular flexibility index (Phi) is 7.63. The smallest absolute Gasteiger partial charge is 0.229 e. The number of thioether (sulfide) groups is 1. The molecule has 0 bridgehead atoms. The average molecular weight is 484 g/mol. The summed E-state index contributed by atoms with van der Waals surface area (Å²) in [5, 5.41) is 1.38. The van der Waals surface area contributed by atoms with Crippen molar-refractivity contribution in [1.29, 1.82) is 0 Å². The molecule has 0 unspecified atom stereocenters. The lowest BCUT2D eigenvalue weighted by molar-refractivity contribution is -0.118. The number of carbonyl (C=O) groups is 1. The van der Waals surface area contributed by atoms with E-state index in [9.17, 15) is 4.79 Å². The molecule has 0 saturated carbocycles. The molecule has 5 nitrogen and oxygen atoms in total. The third-order valence-corrected chi connectivity index (χ3v) is 7.18. The van der Waals surface area contributed by atoms with Crippen molar-refractivity contribution in [3.63, 3.8) is 0 Å². The molecule has 4 rings (SSSR count). The zero-order valence-electron chi connectivity index (χ0n) is 17.5. The van der Waals surface area contributed by atoms with Crippen molar-refractivity contribution in [2.75, 3.05) is 17.8 Å². The number of halogens is 1. The predicted molar refractivity (Wildman–Crippen MR) is 133 cm³/mol. The standard InChI is InChI=1S/C24H22ClN3O2S2/c1-30-20-7-4-8-21-23(20)27-24(32-21)28(16-18-6-2-3-14-26-18)22(29)9-5-15-31-19-12-10-17(25)11-13-19/h2-4,6-8,10-14H,5,9,15-16H2,1H3. The first kappa shape index (κ1) is 22.6. The van der Waals surface area contributed by atoms with Gasteiger partial charge in [-0.25, -0.2) is 4.98 Å². The lowest BCUT2D eigenvalue weighted by Crippen LogP contribution is -2.30. The number of carbonyl (C=O) groups excluding carboxylic acids is 1. The number of hydrogen-bond donors (Lipinski definition) is 0. The van der Waals surface area contributed by atoms with Crippen LogP contribution in [0.1, 0.15) is 18.5 Å². The van der Waals surface area contributed by atoms with E-state index in [1.807, 2.05) is 60.7 Å². The van der Waals surface area contributed by atoms with Gasteiger partial charge in [0, 0.05) is 22.5 Å². The predicted octanol–water partition coefficient (Wildman–Crippen LogP) is 6.46. The van der Waals surface area contributed by atoms with Crippen molar-refractivity contribution in [2.45, 2.75) is 24.3 Å². The molecule has 0 aliphatic rings. The lowest BCUT2D eigenvalue weighted by Gasteiger charge is -2.19. The minimum Gasteiger partial charge on any atom is -0.494 e. The zero-order valence-corrected chi connectivity index (χ0v) is 19.9. The number of rotatable bonds is 9. The first-order chi connectivity index (χ1) is 15.6. The van der Waals surface area contributed by atoms with E-state index in [0.717, 1.165) is 38.0 Å². The van der Waals surface area contributed by atoms with Crippen LogP contribution in [0.5, 0.6) is 5.75 Å². The minimum absolute atomic E-state index is 0.0328. The Morgan fingerprint density at radius 3 is 2.72 bits per heavy atom. The maximum Gasteiger partial charge on any atom is 0.229 e. The summed E-state index contributed by atoms with van der Waals surface area (Å²) in [6.45, 7) is 0.381. The number of anilines is 1. The van der Waals surface area contributed by atoms with Gasteiger partial charge in [0.2, 0.25) is 5.91 Å². The van der Waals surface area contributed by atoms with Gasteiger partial charge in [-0.05, 0) is 60.7 Å². The van der Waals surface area contributed by atoms with E-state index in [0.29, 0.717) is 23.8 Å². The highest BCUT2D eigenvalue weighted by Crippen LogP contribution is 2.35. The summed E-state index contributed by atoms with van der Waals surface area (Å²) in [5.74, 6) is 1.58. The van der Waals surface area contributed by atoms with Crippen molar-refractivity contribution in [1.82, 2.24) is 9.97 Å². The molecule has 164 valence electrons. The van der Waals surface area contributed by atoms with E-state index in [1.54, 1.807) is 30.0 Å². The lowest BCUT2D eigenvalue weighted by atomic mass is 10.2. The molecule has 4 aromatic rings. The molecule has 1 amide bonds. The van der Waals surface area contributed by atoms with Crippen LogP contribution in [0.25, 0.3) is 10.2 Å². The van der Waals surface area contributed by atoms with E-state index < -0.39 is 0 Å². The molecule has 0 spiro atoms. The van der Waals surface area contributed by atoms with Crippen LogP contribution in [0.4, 0.5) is 5.13 Å². The largest absolute Gasteiger partial charge is 0.494 e. The first-order valence-electron chi connectivity index (χ1n) is 10.2. The Balaban J connectivity index is 1.48. The van der Waals surface area contributed by atoms with Crippen LogP contribution in [0.3, 0.4) is 0 Å². The molecule has 0 N–H and O–H groups in total. The molecule has 0 atom stereocenters. The summed E-state index contributed by atoms with van der Waals surface area (Å²) in [7, 11) is 1.63. The van der Waals surface area contributed by atoms with Crippen LogP contribution in [0.2, 0.25) is 5.02 Å². The number of hydrogen-bond acceptors (Lipinski definition) is 6. The van der Waals surface area contributed by atoms with Crippen molar-refractivity contribution < 1.29 is 9.53 Å². The number of para-hydroxylation sites is 1. The summed E-state index contributed by atoms with van der Waals surface area (Å²) in [5.41, 5.74) is 1.59. The second-order valence-corrected chi connectivity index (χ2v) is 9.62. The van der Waals surface area contributed by atoms with Gasteiger partial charge in [-0.2, -0.15) is 0 Å². The number of nitrogens with zero attached hydrogens (tertiary/aromatic N) is 3. The molecule has 0 radical (unpaired) electrons. The van der Waals surface area contributed by atoms with Crippen LogP contribution < -0.4 is 9.64 Å². The van der Waals surface area contributed by atoms with Crippen molar-refractivity contribution in [2.24, 2.45) is 0 Å². The molecule has 32 heavy (non-hydrogen) atoms. The van der Waals surface area contributed by atoms with Gasteiger partial charge in [0.15, 0.2) is 5.13 Å². The Morgan fingerprint density at radius 1 is 1.12 bits per heavy atom. The Morgan fingerprint density at radius 2 is 1.97 bits per heavy atom. The fourth-order valence-electron chi connectivity index (χ4n) is 3.19. The Hall–Kier alpha value is -2.61. The summed E-state index contributed by atoms with van der Waals surface area (Å²) in [6, 6.07) is 19.3. The molecular formula is C24H22ClN3O2S2. The third-order valence-electron chi connectivity index (χ3n) is 4.79. The number of ether oxygens (including phenoxy) is 1. The monoisotopic (exact) mass is 483 g/mol. The Bertz CT molecular complexity index is 1180. The topological polar surface area (TPSA) is 55.3 Å². The van der Waals surface area contributed by atoms with Gasteiger partial charge in [-0.3, -0.25) is 14.7 Å². The maximum absolute atomic E-state index is 13.2. The fourth-order valence-corrected chi connectivity index (χ4v) is 5.17. The molecule has 8 heteroatoms. The van der Waals surface area contributed by atoms with Crippen LogP contribution in [0, 0.1) is 0 Å². The van der Waals surface area contributed by atoms with Crippen LogP contribution in [-0.2, 0) is 11.3 Å². The summed E-state index contributed by atoms with van der Waals surface area (Å²) in [6.07, 6.45) is 2.93. The second-order valence-electron chi connectivity index (χ2n) is 7.01. The molecule has 0 aliphatic carbocycles. The number of fused-ring (bicyclic) bond motifs is 1. The van der Waals surface area contributed by atoms with E-state index in [1.165, 1.54) is 11.3 Å². The minimum atomic E-state index is 0.0328. The second kappa shape index (κ2) is 10.8. The summed E-state index contributed by atoms with van der Waals surface area (Å²) < 4.78 is 6.43. The van der Waals surface area contributed by atoms with Crippen LogP contribution in [-0.4, -0.2) is 28.7 Å². The number of benzene rings is 2. The van der Waals surface area contributed by atoms with E-state index in [2.05, 4.69) is 4.98 Å². The molecule has 2 aromatic carbocycles. The quantitative estimate of drug-likeness (QED) is 0.202. The van der Waals surface area contributed by atoms with Gasteiger partial charge in [0.25, 0.3) is 0 Å². The molecule has 0 saturated heterocycles. The molecule has 2 heterocycles. The number of aromatic nitrogens is 2. The van der Waals surface area contributed by atoms with Gasteiger partial charge in [-0.15, -0.1) is 11.8 Å². The van der Waals surface area contributed by atoms with Crippen LogP contribution >= 0.6 is 34.7 Å². The normalized spacial score (nSPS) is 10.9. The van der Waals surface area contributed by atoms with Gasteiger partial charge in [0.05, 0.1) is 24.0 Å². The van der Waals surface area contributed by atoms with Gasteiger partial charge < -0.3 is 4.74 Å². The summed E-state index contributed by atoms with van der Waals surface area (Å²) in [4.78, 5) is 25.3. The maximum atomic E-state index is 13.2. The molecule has 0 fully saturated rings. The van der Waals surface area contributed by atoms with Gasteiger partial charge in [-0.1, -0.05) is 35.1 Å². The number of amides is 1. The Labute approximate surface area is 200 Å². The first-order valence-corrected chi connectivity index (χ1v) is 12.3. The highest BCUT2D eigenvalue weighted by atomic mass is 35.5. The molecule has 2 aromatic heterocycles.